The van der Waals surface area contributed by atoms with E-state index in [0.29, 0.717) is 35.4 Å². The van der Waals surface area contributed by atoms with Crippen molar-refractivity contribution in [2.24, 2.45) is 5.92 Å². The van der Waals surface area contributed by atoms with E-state index in [1.54, 1.807) is 6.07 Å². The highest BCUT2D eigenvalue weighted by atomic mass is 32.2. The molecule has 130 valence electrons. The molecule has 0 radical (unpaired) electrons. The van der Waals surface area contributed by atoms with Crippen molar-refractivity contribution in [1.29, 1.82) is 0 Å². The molecule has 1 N–H and O–H groups in total. The molecule has 4 rings (SSSR count). The van der Waals surface area contributed by atoms with E-state index in [-0.39, 0.29) is 5.82 Å². The molecule has 6 heteroatoms. The minimum absolute atomic E-state index is 0.265. The summed E-state index contributed by atoms with van der Waals surface area (Å²) in [5.74, 6) is 1.02. The van der Waals surface area contributed by atoms with Gasteiger partial charge in [-0.15, -0.1) is 0 Å². The summed E-state index contributed by atoms with van der Waals surface area (Å²) in [6.45, 7) is 2.49. The van der Waals surface area contributed by atoms with E-state index in [1.807, 2.05) is 19.1 Å². The van der Waals surface area contributed by atoms with E-state index in [0.717, 1.165) is 22.4 Å². The normalized spacial score (nSPS) is 20.1. The van der Waals surface area contributed by atoms with Gasteiger partial charge in [0.1, 0.15) is 17.1 Å². The zero-order valence-corrected chi connectivity index (χ0v) is 14.8. The Morgan fingerprint density at radius 2 is 2.20 bits per heavy atom. The van der Waals surface area contributed by atoms with Gasteiger partial charge in [0.25, 0.3) is 0 Å². The van der Waals surface area contributed by atoms with Gasteiger partial charge in [0.05, 0.1) is 19.4 Å². The van der Waals surface area contributed by atoms with Crippen LogP contribution in [0.1, 0.15) is 33.8 Å². The number of hydrogen-bond acceptors (Lipinski definition) is 5. The molecule has 1 unspecified atom stereocenters. The van der Waals surface area contributed by atoms with Crippen LogP contribution >= 0.6 is 11.9 Å². The second-order valence-electron chi connectivity index (χ2n) is 6.43. The fraction of sp³-hybridized carbons (Fsp3) is 0.316. The molecule has 0 aromatic heterocycles. The molecule has 25 heavy (non-hydrogen) atoms. The zero-order chi connectivity index (χ0) is 17.6. The topological polar surface area (TPSA) is 47.6 Å². The highest BCUT2D eigenvalue weighted by molar-refractivity contribution is 8.00. The molecule has 1 fully saturated rings. The number of benzene rings is 2. The molecule has 1 aliphatic heterocycles. The lowest BCUT2D eigenvalue weighted by Gasteiger charge is -2.21. The number of esters is 1. The van der Waals surface area contributed by atoms with Gasteiger partial charge >= 0.3 is 5.97 Å². The van der Waals surface area contributed by atoms with Gasteiger partial charge in [0.2, 0.25) is 0 Å². The summed E-state index contributed by atoms with van der Waals surface area (Å²) in [6.07, 6.45) is 1.11. The Morgan fingerprint density at radius 3 is 2.96 bits per heavy atom. The molecule has 0 saturated heterocycles. The lowest BCUT2D eigenvalue weighted by Crippen LogP contribution is -2.15. The molecule has 0 bridgehead atoms. The van der Waals surface area contributed by atoms with Gasteiger partial charge in [-0.3, -0.25) is 0 Å². The maximum Gasteiger partial charge on any atom is 0.343 e. The smallest absolute Gasteiger partial charge is 0.343 e. The van der Waals surface area contributed by atoms with Crippen LogP contribution in [0.3, 0.4) is 0 Å². The predicted octanol–water partition coefficient (Wildman–Crippen LogP) is 4.54. The number of halogens is 1. The monoisotopic (exact) mass is 359 g/mol. The minimum Gasteiger partial charge on any atom is -0.492 e. The number of anilines is 1. The third-order valence-corrected chi connectivity index (χ3v) is 5.75. The SMILES string of the molecule is COC(=O)c1c(NSc2ccc(F)cc2C)ccc2c1OC[C@@H]1CC21. The van der Waals surface area contributed by atoms with Crippen LogP contribution in [0.4, 0.5) is 10.1 Å². The summed E-state index contributed by atoms with van der Waals surface area (Å²) in [6, 6.07) is 8.52. The average Bonchev–Trinajstić information content (AvgIpc) is 3.39. The number of carbonyl (C=O) groups excluding carboxylic acids is 1. The molecule has 2 aromatic rings. The average molecular weight is 359 g/mol. The zero-order valence-electron chi connectivity index (χ0n) is 14.0. The fourth-order valence-electron chi connectivity index (χ4n) is 3.28. The second-order valence-corrected chi connectivity index (χ2v) is 7.27. The lowest BCUT2D eigenvalue weighted by molar-refractivity contribution is 0.0596. The maximum atomic E-state index is 13.2. The second kappa shape index (κ2) is 6.26. The van der Waals surface area contributed by atoms with Crippen LogP contribution in [0.25, 0.3) is 0 Å². The van der Waals surface area contributed by atoms with Crippen LogP contribution in [0.5, 0.6) is 5.75 Å². The van der Waals surface area contributed by atoms with Crippen molar-refractivity contribution in [2.45, 2.75) is 24.2 Å². The van der Waals surface area contributed by atoms with Gasteiger partial charge < -0.3 is 14.2 Å². The maximum absolute atomic E-state index is 13.2. The molecule has 1 saturated carbocycles. The first-order valence-electron chi connectivity index (χ1n) is 8.15. The van der Waals surface area contributed by atoms with Gasteiger partial charge in [-0.25, -0.2) is 9.18 Å². The van der Waals surface area contributed by atoms with Gasteiger partial charge in [-0.05, 0) is 66.6 Å². The van der Waals surface area contributed by atoms with E-state index in [2.05, 4.69) is 4.72 Å². The van der Waals surface area contributed by atoms with Crippen LogP contribution in [0.2, 0.25) is 0 Å². The number of aryl methyl sites for hydroxylation is 1. The molecule has 2 aromatic carbocycles. The van der Waals surface area contributed by atoms with E-state index >= 15 is 0 Å². The molecule has 2 atom stereocenters. The molecular weight excluding hydrogens is 341 g/mol. The van der Waals surface area contributed by atoms with Crippen molar-refractivity contribution >= 4 is 23.6 Å². The Labute approximate surface area is 149 Å². The summed E-state index contributed by atoms with van der Waals surface area (Å²) in [4.78, 5) is 13.2. The molecule has 0 amide bonds. The number of carbonyl (C=O) groups is 1. The van der Waals surface area contributed by atoms with Crippen LogP contribution in [-0.2, 0) is 4.74 Å². The van der Waals surface area contributed by atoms with Crippen molar-refractivity contribution in [1.82, 2.24) is 0 Å². The number of nitrogens with one attached hydrogen (secondary N) is 1. The van der Waals surface area contributed by atoms with Crippen LogP contribution < -0.4 is 9.46 Å². The first-order valence-corrected chi connectivity index (χ1v) is 8.97. The molecular formula is C19H18FNO3S. The number of rotatable bonds is 4. The Kier molecular flexibility index (Phi) is 4.07. The van der Waals surface area contributed by atoms with Gasteiger partial charge in [0.15, 0.2) is 0 Å². The standard InChI is InChI=1S/C19H18FNO3S/c1-10-7-12(20)3-6-16(10)25-21-15-5-4-13-14-8-11(14)9-24-18(13)17(15)19(22)23-2/h3-7,11,14,21H,8-9H2,1-2H3/t11-,14?/m0/s1. The fourth-order valence-corrected chi connectivity index (χ4v) is 4.02. The summed E-state index contributed by atoms with van der Waals surface area (Å²) < 4.78 is 27.3. The number of hydrogen-bond donors (Lipinski definition) is 1. The molecule has 2 aliphatic rings. The first-order chi connectivity index (χ1) is 12.1. The minimum atomic E-state index is -0.421. The number of fused-ring (bicyclic) bond motifs is 3. The largest absolute Gasteiger partial charge is 0.492 e. The van der Waals surface area contributed by atoms with Crippen molar-refractivity contribution in [3.63, 3.8) is 0 Å². The van der Waals surface area contributed by atoms with Crippen molar-refractivity contribution in [3.8, 4) is 5.75 Å². The summed E-state index contributed by atoms with van der Waals surface area (Å²) in [7, 11) is 1.37. The number of methoxy groups -OCH3 is 1. The Balaban J connectivity index is 1.66. The van der Waals surface area contributed by atoms with E-state index < -0.39 is 5.97 Å². The first kappa shape index (κ1) is 16.3. The van der Waals surface area contributed by atoms with Gasteiger partial charge in [-0.1, -0.05) is 6.07 Å². The van der Waals surface area contributed by atoms with E-state index in [4.69, 9.17) is 9.47 Å². The third kappa shape index (κ3) is 2.95. The van der Waals surface area contributed by atoms with Crippen molar-refractivity contribution in [3.05, 3.63) is 52.8 Å². The Hall–Kier alpha value is -2.21. The molecule has 4 nitrogen and oxygen atoms in total. The van der Waals surface area contributed by atoms with E-state index in [9.17, 15) is 9.18 Å². The van der Waals surface area contributed by atoms with Gasteiger partial charge in [-0.2, -0.15) is 0 Å². The lowest BCUT2D eigenvalue weighted by atomic mass is 10.0. The van der Waals surface area contributed by atoms with Crippen LogP contribution in [0.15, 0.2) is 35.2 Å². The van der Waals surface area contributed by atoms with Crippen LogP contribution in [-0.4, -0.2) is 19.7 Å². The number of ether oxygens (including phenoxy) is 2. The Morgan fingerprint density at radius 1 is 1.36 bits per heavy atom. The highest BCUT2D eigenvalue weighted by Gasteiger charge is 2.45. The van der Waals surface area contributed by atoms with Crippen molar-refractivity contribution < 1.29 is 18.7 Å². The Bertz CT molecular complexity index is 855. The van der Waals surface area contributed by atoms with E-state index in [1.165, 1.54) is 31.2 Å². The summed E-state index contributed by atoms with van der Waals surface area (Å²) >= 11 is 1.33. The summed E-state index contributed by atoms with van der Waals surface area (Å²) in [5, 5.41) is 0. The molecule has 1 heterocycles. The van der Waals surface area contributed by atoms with Crippen molar-refractivity contribution in [2.75, 3.05) is 18.4 Å². The summed E-state index contributed by atoms with van der Waals surface area (Å²) in [5.41, 5.74) is 2.98. The predicted molar refractivity (Wildman–Crippen MR) is 94.7 cm³/mol. The molecule has 0 spiro atoms. The van der Waals surface area contributed by atoms with Gasteiger partial charge in [0, 0.05) is 10.8 Å². The quantitative estimate of drug-likeness (QED) is 0.642. The third-order valence-electron chi connectivity index (χ3n) is 4.75. The van der Waals surface area contributed by atoms with Crippen LogP contribution in [0, 0.1) is 18.7 Å². The molecule has 1 aliphatic carbocycles. The highest BCUT2D eigenvalue weighted by Crippen LogP contribution is 2.55.